The highest BCUT2D eigenvalue weighted by molar-refractivity contribution is 6.28. The molecule has 1 saturated heterocycles. The van der Waals surface area contributed by atoms with Crippen LogP contribution in [0.2, 0.25) is 0 Å². The van der Waals surface area contributed by atoms with Crippen molar-refractivity contribution in [3.63, 3.8) is 0 Å². The van der Waals surface area contributed by atoms with Crippen molar-refractivity contribution in [1.29, 1.82) is 0 Å². The number of piperidine rings is 1. The number of carbonyl (C=O) groups is 3. The zero-order valence-electron chi connectivity index (χ0n) is 15.1. The van der Waals surface area contributed by atoms with Gasteiger partial charge in [-0.1, -0.05) is 43.3 Å². The molecule has 1 fully saturated rings. The molecule has 1 heterocycles. The summed E-state index contributed by atoms with van der Waals surface area (Å²) < 4.78 is 0. The maximum Gasteiger partial charge on any atom is 0.407 e. The molecule has 2 unspecified atom stereocenters. The smallest absolute Gasteiger partial charge is 0.407 e. The summed E-state index contributed by atoms with van der Waals surface area (Å²) in [7, 11) is 0. The summed E-state index contributed by atoms with van der Waals surface area (Å²) in [6.45, 7) is 2.54. The Labute approximate surface area is 157 Å². The number of nitrogens with zero attached hydrogens (tertiary/aromatic N) is 1. The lowest BCUT2D eigenvalue weighted by atomic mass is 9.80. The topological polar surface area (TPSA) is 74.7 Å². The molecule has 2 aliphatic rings. The number of likely N-dealkylation sites (tertiary alicyclic amines) is 1. The normalized spacial score (nSPS) is 20.0. The van der Waals surface area contributed by atoms with Crippen LogP contribution in [0.5, 0.6) is 0 Å². The van der Waals surface area contributed by atoms with Gasteiger partial charge in [0.2, 0.25) is 0 Å². The summed E-state index contributed by atoms with van der Waals surface area (Å²) >= 11 is 0. The van der Waals surface area contributed by atoms with Crippen molar-refractivity contribution >= 4 is 17.7 Å². The molecule has 0 aromatic heterocycles. The lowest BCUT2D eigenvalue weighted by Gasteiger charge is -2.37. The average Bonchev–Trinajstić information content (AvgIpc) is 2.71. The van der Waals surface area contributed by atoms with Crippen molar-refractivity contribution < 1.29 is 19.5 Å². The van der Waals surface area contributed by atoms with Crippen LogP contribution in [0.25, 0.3) is 0 Å². The second-order valence-corrected chi connectivity index (χ2v) is 7.34. The maximum absolute atomic E-state index is 12.9. The van der Waals surface area contributed by atoms with E-state index < -0.39 is 6.09 Å². The fraction of sp³-hybridized carbons (Fsp3) is 0.318. The Balaban J connectivity index is 1.72. The number of hydrogen-bond donors (Lipinski definition) is 1. The van der Waals surface area contributed by atoms with Crippen molar-refractivity contribution in [2.75, 3.05) is 6.54 Å². The SMILES string of the molecule is CC(c1ccc2c(c1)C(=O)c1ccccc1C2=O)C1CCCCN1C(=O)O. The number of hydrogen-bond acceptors (Lipinski definition) is 3. The zero-order valence-corrected chi connectivity index (χ0v) is 15.1. The van der Waals surface area contributed by atoms with Gasteiger partial charge in [0.05, 0.1) is 0 Å². The number of amides is 1. The van der Waals surface area contributed by atoms with E-state index in [0.717, 1.165) is 24.8 Å². The van der Waals surface area contributed by atoms with Gasteiger partial charge >= 0.3 is 6.09 Å². The third kappa shape index (κ3) is 2.83. The number of benzene rings is 2. The lowest BCUT2D eigenvalue weighted by molar-refractivity contribution is 0.0972. The zero-order chi connectivity index (χ0) is 19.1. The van der Waals surface area contributed by atoms with Gasteiger partial charge in [0.25, 0.3) is 0 Å². The highest BCUT2D eigenvalue weighted by Crippen LogP contribution is 2.34. The third-order valence-electron chi connectivity index (χ3n) is 5.85. The van der Waals surface area contributed by atoms with E-state index in [2.05, 4.69) is 0 Å². The first-order valence-corrected chi connectivity index (χ1v) is 9.31. The summed E-state index contributed by atoms with van der Waals surface area (Å²) in [5, 5.41) is 9.51. The van der Waals surface area contributed by atoms with Gasteiger partial charge in [-0.25, -0.2) is 4.79 Å². The van der Waals surface area contributed by atoms with Crippen LogP contribution in [-0.2, 0) is 0 Å². The molecule has 0 radical (unpaired) electrons. The fourth-order valence-electron chi connectivity index (χ4n) is 4.34. The number of ketones is 2. The van der Waals surface area contributed by atoms with E-state index >= 15 is 0 Å². The molecule has 5 nitrogen and oxygen atoms in total. The van der Waals surface area contributed by atoms with Crippen LogP contribution < -0.4 is 0 Å². The Hall–Kier alpha value is -2.95. The molecule has 0 saturated carbocycles. The highest BCUT2D eigenvalue weighted by Gasteiger charge is 2.34. The number of carbonyl (C=O) groups excluding carboxylic acids is 2. The molecule has 4 rings (SSSR count). The molecule has 2 aromatic rings. The second-order valence-electron chi connectivity index (χ2n) is 7.34. The lowest BCUT2D eigenvalue weighted by Crippen LogP contribution is -2.45. The van der Waals surface area contributed by atoms with E-state index in [1.807, 2.05) is 13.0 Å². The quantitative estimate of drug-likeness (QED) is 0.744. The Morgan fingerprint density at radius 3 is 2.30 bits per heavy atom. The predicted octanol–water partition coefficient (Wildman–Crippen LogP) is 4.10. The Morgan fingerprint density at radius 1 is 1.00 bits per heavy atom. The van der Waals surface area contributed by atoms with Crippen LogP contribution >= 0.6 is 0 Å². The maximum atomic E-state index is 12.9. The Bertz CT molecular complexity index is 949. The summed E-state index contributed by atoms with van der Waals surface area (Å²) in [6, 6.07) is 12.1. The number of fused-ring (bicyclic) bond motifs is 2. The molecule has 138 valence electrons. The molecular formula is C22H21NO4. The van der Waals surface area contributed by atoms with E-state index in [-0.39, 0.29) is 23.5 Å². The van der Waals surface area contributed by atoms with Crippen molar-refractivity contribution in [1.82, 2.24) is 4.90 Å². The molecule has 1 amide bonds. The standard InChI is InChI=1S/C22H21NO4/c1-13(19-8-4-5-11-23(19)22(26)27)14-9-10-17-18(12-14)21(25)16-7-3-2-6-15(16)20(17)24/h2-3,6-7,9-10,12-13,19H,4-5,8,11H2,1H3,(H,26,27). The van der Waals surface area contributed by atoms with Gasteiger partial charge < -0.3 is 10.0 Å². The van der Waals surface area contributed by atoms with Gasteiger partial charge in [0, 0.05) is 40.8 Å². The molecule has 0 spiro atoms. The molecule has 1 N–H and O–H groups in total. The third-order valence-corrected chi connectivity index (χ3v) is 5.85. The summed E-state index contributed by atoms with van der Waals surface area (Å²) in [5.74, 6) is -0.330. The van der Waals surface area contributed by atoms with E-state index in [9.17, 15) is 19.5 Å². The van der Waals surface area contributed by atoms with E-state index in [4.69, 9.17) is 0 Å². The highest BCUT2D eigenvalue weighted by atomic mass is 16.4. The van der Waals surface area contributed by atoms with Crippen LogP contribution in [0.4, 0.5) is 4.79 Å². The first-order valence-electron chi connectivity index (χ1n) is 9.31. The van der Waals surface area contributed by atoms with Crippen LogP contribution in [0.1, 0.15) is 69.5 Å². The van der Waals surface area contributed by atoms with Gasteiger partial charge in [-0.3, -0.25) is 9.59 Å². The van der Waals surface area contributed by atoms with Gasteiger partial charge in [-0.05, 0) is 30.9 Å². The average molecular weight is 363 g/mol. The first-order chi connectivity index (χ1) is 13.0. The molecular weight excluding hydrogens is 342 g/mol. The minimum Gasteiger partial charge on any atom is -0.465 e. The van der Waals surface area contributed by atoms with Crippen LogP contribution in [0, 0.1) is 0 Å². The molecule has 5 heteroatoms. The number of rotatable bonds is 2. The summed E-state index contributed by atoms with van der Waals surface area (Å²) in [5.41, 5.74) is 2.62. The monoisotopic (exact) mass is 363 g/mol. The van der Waals surface area contributed by atoms with Crippen LogP contribution in [0.15, 0.2) is 42.5 Å². The van der Waals surface area contributed by atoms with Crippen LogP contribution in [0.3, 0.4) is 0 Å². The summed E-state index contributed by atoms with van der Waals surface area (Å²) in [6.07, 6.45) is 1.78. The largest absolute Gasteiger partial charge is 0.465 e. The van der Waals surface area contributed by atoms with Gasteiger partial charge in [-0.2, -0.15) is 0 Å². The summed E-state index contributed by atoms with van der Waals surface area (Å²) in [4.78, 5) is 38.8. The molecule has 2 atom stereocenters. The Morgan fingerprint density at radius 2 is 1.63 bits per heavy atom. The van der Waals surface area contributed by atoms with Gasteiger partial charge in [0.15, 0.2) is 11.6 Å². The van der Waals surface area contributed by atoms with E-state index in [1.165, 1.54) is 4.90 Å². The van der Waals surface area contributed by atoms with E-state index in [0.29, 0.717) is 28.8 Å². The number of carboxylic acid groups (broad SMARTS) is 1. The van der Waals surface area contributed by atoms with Gasteiger partial charge in [-0.15, -0.1) is 0 Å². The van der Waals surface area contributed by atoms with Crippen molar-refractivity contribution in [3.05, 3.63) is 70.3 Å². The molecule has 2 aromatic carbocycles. The second kappa shape index (κ2) is 6.65. The molecule has 1 aliphatic carbocycles. The van der Waals surface area contributed by atoms with Crippen LogP contribution in [-0.4, -0.2) is 40.3 Å². The first kappa shape index (κ1) is 17.5. The Kier molecular flexibility index (Phi) is 4.30. The van der Waals surface area contributed by atoms with Crippen molar-refractivity contribution in [2.24, 2.45) is 0 Å². The molecule has 0 bridgehead atoms. The van der Waals surface area contributed by atoms with Crippen molar-refractivity contribution in [2.45, 2.75) is 38.1 Å². The predicted molar refractivity (Wildman–Crippen MR) is 101 cm³/mol. The minimum atomic E-state index is -0.898. The molecule has 27 heavy (non-hydrogen) atoms. The fourth-order valence-corrected chi connectivity index (χ4v) is 4.34. The van der Waals surface area contributed by atoms with Crippen molar-refractivity contribution in [3.8, 4) is 0 Å². The molecule has 1 aliphatic heterocycles. The van der Waals surface area contributed by atoms with Gasteiger partial charge in [0.1, 0.15) is 0 Å². The van der Waals surface area contributed by atoms with E-state index in [1.54, 1.807) is 36.4 Å². The minimum absolute atomic E-state index is 0.0493.